The lowest BCUT2D eigenvalue weighted by molar-refractivity contribution is 0.0604. The van der Waals surface area contributed by atoms with Gasteiger partial charge in [0.05, 0.1) is 0 Å². The number of carbonyl (C=O) groups excluding carboxylic acids is 1. The molecule has 1 N–H and O–H groups in total. The molecule has 1 aliphatic rings. The maximum Gasteiger partial charge on any atom is 0.265 e. The van der Waals surface area contributed by atoms with E-state index in [-0.39, 0.29) is 5.91 Å². The highest BCUT2D eigenvalue weighted by Crippen LogP contribution is 2.11. The van der Waals surface area contributed by atoms with Gasteiger partial charge in [0, 0.05) is 42.8 Å². The summed E-state index contributed by atoms with van der Waals surface area (Å²) in [6, 6.07) is 17.9. The third kappa shape index (κ3) is 4.64. The Hall–Kier alpha value is -1.69. The fourth-order valence-electron chi connectivity index (χ4n) is 2.67. The Kier molecular flexibility index (Phi) is 5.43. The molecule has 2 aromatic rings. The average Bonchev–Trinajstić information content (AvgIpc) is 2.58. The molecule has 1 aliphatic heterocycles. The van der Waals surface area contributed by atoms with E-state index in [1.165, 1.54) is 5.56 Å². The SMILES string of the molecule is O=C(NN1CCN(Cc2ccccc2)CC1)c1ccc(Br)cc1. The van der Waals surface area contributed by atoms with E-state index < -0.39 is 0 Å². The molecule has 1 fully saturated rings. The molecule has 120 valence electrons. The molecule has 0 radical (unpaired) electrons. The summed E-state index contributed by atoms with van der Waals surface area (Å²) in [7, 11) is 0. The second kappa shape index (κ2) is 7.73. The number of carbonyl (C=O) groups is 1. The minimum Gasteiger partial charge on any atom is -0.296 e. The van der Waals surface area contributed by atoms with Crippen LogP contribution in [0, 0.1) is 0 Å². The standard InChI is InChI=1S/C18H20BrN3O/c19-17-8-6-16(7-9-17)18(23)20-22-12-10-21(11-13-22)14-15-4-2-1-3-5-15/h1-9H,10-14H2,(H,20,23). The van der Waals surface area contributed by atoms with Crippen LogP contribution in [0.1, 0.15) is 15.9 Å². The van der Waals surface area contributed by atoms with Crippen molar-refractivity contribution in [2.75, 3.05) is 26.2 Å². The van der Waals surface area contributed by atoms with Crippen molar-refractivity contribution in [3.05, 3.63) is 70.2 Å². The molecule has 2 aromatic carbocycles. The quantitative estimate of drug-likeness (QED) is 0.894. The highest BCUT2D eigenvalue weighted by atomic mass is 79.9. The Bertz CT molecular complexity index is 637. The zero-order valence-corrected chi connectivity index (χ0v) is 14.5. The van der Waals surface area contributed by atoms with Crippen molar-refractivity contribution in [3.8, 4) is 0 Å². The van der Waals surface area contributed by atoms with Crippen molar-refractivity contribution in [3.63, 3.8) is 0 Å². The molecular weight excluding hydrogens is 354 g/mol. The van der Waals surface area contributed by atoms with Gasteiger partial charge in [0.1, 0.15) is 0 Å². The largest absolute Gasteiger partial charge is 0.296 e. The van der Waals surface area contributed by atoms with Gasteiger partial charge in [0.15, 0.2) is 0 Å². The summed E-state index contributed by atoms with van der Waals surface area (Å²) in [6.07, 6.45) is 0. The van der Waals surface area contributed by atoms with Gasteiger partial charge in [-0.05, 0) is 29.8 Å². The van der Waals surface area contributed by atoms with Crippen molar-refractivity contribution in [1.29, 1.82) is 0 Å². The summed E-state index contributed by atoms with van der Waals surface area (Å²) in [6.45, 7) is 4.56. The summed E-state index contributed by atoms with van der Waals surface area (Å²) < 4.78 is 0.976. The van der Waals surface area contributed by atoms with Crippen LogP contribution < -0.4 is 5.43 Å². The van der Waals surface area contributed by atoms with Gasteiger partial charge in [0.25, 0.3) is 5.91 Å². The van der Waals surface area contributed by atoms with Crippen LogP contribution in [0.2, 0.25) is 0 Å². The van der Waals surface area contributed by atoms with Gasteiger partial charge in [-0.2, -0.15) is 0 Å². The molecule has 23 heavy (non-hydrogen) atoms. The maximum absolute atomic E-state index is 12.2. The fraction of sp³-hybridized carbons (Fsp3) is 0.278. The first-order valence-electron chi connectivity index (χ1n) is 7.78. The minimum absolute atomic E-state index is 0.0472. The zero-order chi connectivity index (χ0) is 16.1. The van der Waals surface area contributed by atoms with Gasteiger partial charge in [-0.25, -0.2) is 5.01 Å². The molecule has 5 heteroatoms. The van der Waals surface area contributed by atoms with E-state index in [0.29, 0.717) is 5.56 Å². The first-order valence-corrected chi connectivity index (χ1v) is 8.58. The van der Waals surface area contributed by atoms with Crippen molar-refractivity contribution < 1.29 is 4.79 Å². The van der Waals surface area contributed by atoms with E-state index in [2.05, 4.69) is 50.5 Å². The number of nitrogens with zero attached hydrogens (tertiary/aromatic N) is 2. The number of rotatable bonds is 4. The Morgan fingerprint density at radius 1 is 0.957 bits per heavy atom. The first kappa shape index (κ1) is 16.2. The molecule has 1 heterocycles. The van der Waals surface area contributed by atoms with Crippen LogP contribution in [-0.4, -0.2) is 42.0 Å². The van der Waals surface area contributed by atoms with Gasteiger partial charge in [-0.15, -0.1) is 0 Å². The van der Waals surface area contributed by atoms with E-state index in [9.17, 15) is 4.79 Å². The number of amides is 1. The lowest BCUT2D eigenvalue weighted by Gasteiger charge is -2.34. The third-order valence-corrected chi connectivity index (χ3v) is 4.52. The predicted octanol–water partition coefficient (Wildman–Crippen LogP) is 2.91. The van der Waals surface area contributed by atoms with Gasteiger partial charge in [0.2, 0.25) is 0 Å². The number of hydrogen-bond donors (Lipinski definition) is 1. The number of piperazine rings is 1. The number of benzene rings is 2. The highest BCUT2D eigenvalue weighted by molar-refractivity contribution is 9.10. The Balaban J connectivity index is 1.47. The number of halogens is 1. The van der Waals surface area contributed by atoms with Crippen LogP contribution in [-0.2, 0) is 6.54 Å². The van der Waals surface area contributed by atoms with E-state index in [4.69, 9.17) is 0 Å². The van der Waals surface area contributed by atoms with Crippen molar-refractivity contribution >= 4 is 21.8 Å². The highest BCUT2D eigenvalue weighted by Gasteiger charge is 2.18. The lowest BCUT2D eigenvalue weighted by Crippen LogP contribution is -2.53. The van der Waals surface area contributed by atoms with Crippen LogP contribution in [0.15, 0.2) is 59.1 Å². The Morgan fingerprint density at radius 2 is 1.61 bits per heavy atom. The lowest BCUT2D eigenvalue weighted by atomic mass is 10.2. The molecule has 1 saturated heterocycles. The van der Waals surface area contributed by atoms with Crippen LogP contribution in [0.3, 0.4) is 0 Å². The molecule has 0 aliphatic carbocycles. The van der Waals surface area contributed by atoms with Crippen molar-refractivity contribution in [2.45, 2.75) is 6.54 Å². The topological polar surface area (TPSA) is 35.6 Å². The monoisotopic (exact) mass is 373 g/mol. The second-order valence-corrected chi connectivity index (χ2v) is 6.61. The maximum atomic E-state index is 12.2. The summed E-state index contributed by atoms with van der Waals surface area (Å²) in [5.74, 6) is -0.0472. The van der Waals surface area contributed by atoms with E-state index >= 15 is 0 Å². The Morgan fingerprint density at radius 3 is 2.26 bits per heavy atom. The smallest absolute Gasteiger partial charge is 0.265 e. The molecule has 0 saturated carbocycles. The fourth-order valence-corrected chi connectivity index (χ4v) is 2.93. The zero-order valence-electron chi connectivity index (χ0n) is 12.9. The van der Waals surface area contributed by atoms with Gasteiger partial charge >= 0.3 is 0 Å². The van der Waals surface area contributed by atoms with Crippen LogP contribution >= 0.6 is 15.9 Å². The number of hydrogen-bond acceptors (Lipinski definition) is 3. The molecule has 3 rings (SSSR count). The van der Waals surface area contributed by atoms with E-state index in [1.54, 1.807) is 0 Å². The van der Waals surface area contributed by atoms with Crippen LogP contribution in [0.5, 0.6) is 0 Å². The first-order chi connectivity index (χ1) is 11.2. The molecular formula is C18H20BrN3O. The summed E-state index contributed by atoms with van der Waals surface area (Å²) in [5.41, 5.74) is 5.01. The minimum atomic E-state index is -0.0472. The van der Waals surface area contributed by atoms with Gasteiger partial charge in [-0.1, -0.05) is 46.3 Å². The molecule has 4 nitrogen and oxygen atoms in total. The number of hydrazine groups is 1. The van der Waals surface area contributed by atoms with E-state index in [0.717, 1.165) is 37.2 Å². The summed E-state index contributed by atoms with van der Waals surface area (Å²) >= 11 is 3.38. The third-order valence-electron chi connectivity index (χ3n) is 3.99. The molecule has 0 aromatic heterocycles. The predicted molar refractivity (Wildman–Crippen MR) is 94.9 cm³/mol. The summed E-state index contributed by atoms with van der Waals surface area (Å²) in [5, 5.41) is 2.01. The normalized spacial score (nSPS) is 16.2. The van der Waals surface area contributed by atoms with Crippen molar-refractivity contribution in [1.82, 2.24) is 15.3 Å². The van der Waals surface area contributed by atoms with Gasteiger partial charge < -0.3 is 0 Å². The molecule has 0 bridgehead atoms. The molecule has 0 spiro atoms. The molecule has 1 amide bonds. The van der Waals surface area contributed by atoms with Crippen LogP contribution in [0.25, 0.3) is 0 Å². The Labute approximate surface area is 145 Å². The molecule has 0 unspecified atom stereocenters. The van der Waals surface area contributed by atoms with Crippen molar-refractivity contribution in [2.24, 2.45) is 0 Å². The second-order valence-electron chi connectivity index (χ2n) is 5.70. The summed E-state index contributed by atoms with van der Waals surface area (Å²) in [4.78, 5) is 14.6. The van der Waals surface area contributed by atoms with E-state index in [1.807, 2.05) is 35.3 Å². The molecule has 0 atom stereocenters. The number of nitrogens with one attached hydrogen (secondary N) is 1. The van der Waals surface area contributed by atoms with Crippen LogP contribution in [0.4, 0.5) is 0 Å². The average molecular weight is 374 g/mol. The van der Waals surface area contributed by atoms with Gasteiger partial charge in [-0.3, -0.25) is 15.1 Å².